The molecule has 26 heavy (non-hydrogen) atoms. The summed E-state index contributed by atoms with van der Waals surface area (Å²) >= 11 is 0. The molecule has 144 valence electrons. The molecule has 1 heterocycles. The minimum Gasteiger partial charge on any atom is -0.493 e. The summed E-state index contributed by atoms with van der Waals surface area (Å²) in [5.41, 5.74) is -0.213. The van der Waals surface area contributed by atoms with E-state index in [1.54, 1.807) is 11.8 Å². The van der Waals surface area contributed by atoms with Crippen LogP contribution in [0.4, 0.5) is 5.69 Å². The third-order valence-corrected chi connectivity index (χ3v) is 4.59. The van der Waals surface area contributed by atoms with Crippen molar-refractivity contribution in [2.45, 2.75) is 26.7 Å². The summed E-state index contributed by atoms with van der Waals surface area (Å²) in [4.78, 5) is 25.5. The number of ether oxygens (including phenoxy) is 2. The van der Waals surface area contributed by atoms with Gasteiger partial charge in [0, 0.05) is 19.2 Å². The highest BCUT2D eigenvalue weighted by molar-refractivity contribution is 5.99. The fourth-order valence-electron chi connectivity index (χ4n) is 3.16. The Morgan fingerprint density at radius 1 is 1.31 bits per heavy atom. The van der Waals surface area contributed by atoms with E-state index in [-0.39, 0.29) is 22.9 Å². The molecule has 0 aromatic heterocycles. The maximum absolute atomic E-state index is 12.9. The molecule has 8 heteroatoms. The molecule has 0 atom stereocenters. The number of nitro groups is 1. The van der Waals surface area contributed by atoms with Gasteiger partial charge in [-0.3, -0.25) is 14.9 Å². The number of piperidine rings is 1. The Morgan fingerprint density at radius 3 is 2.54 bits per heavy atom. The molecule has 1 N–H and O–H groups in total. The van der Waals surface area contributed by atoms with E-state index in [4.69, 9.17) is 9.47 Å². The van der Waals surface area contributed by atoms with Gasteiger partial charge in [0.25, 0.3) is 11.6 Å². The van der Waals surface area contributed by atoms with Crippen molar-refractivity contribution in [3.63, 3.8) is 0 Å². The summed E-state index contributed by atoms with van der Waals surface area (Å²) in [7, 11) is 1.41. The van der Waals surface area contributed by atoms with E-state index in [2.05, 4.69) is 12.2 Å². The molecule has 1 saturated heterocycles. The Hall–Kier alpha value is -2.35. The quantitative estimate of drug-likeness (QED) is 0.562. The van der Waals surface area contributed by atoms with E-state index in [1.165, 1.54) is 19.2 Å². The Morgan fingerprint density at radius 2 is 2.00 bits per heavy atom. The lowest BCUT2D eigenvalue weighted by molar-refractivity contribution is -0.385. The van der Waals surface area contributed by atoms with E-state index in [0.717, 1.165) is 25.9 Å². The van der Waals surface area contributed by atoms with Gasteiger partial charge in [-0.2, -0.15) is 0 Å². The Bertz CT molecular complexity index is 642. The van der Waals surface area contributed by atoms with Crippen molar-refractivity contribution in [1.29, 1.82) is 0 Å². The van der Waals surface area contributed by atoms with Gasteiger partial charge in [-0.25, -0.2) is 0 Å². The van der Waals surface area contributed by atoms with Crippen LogP contribution in [-0.4, -0.2) is 55.6 Å². The van der Waals surface area contributed by atoms with Crippen molar-refractivity contribution in [3.05, 3.63) is 27.8 Å². The first-order valence-corrected chi connectivity index (χ1v) is 9.00. The van der Waals surface area contributed by atoms with Crippen LogP contribution < -0.4 is 14.8 Å². The molecule has 1 aromatic rings. The second-order valence-electron chi connectivity index (χ2n) is 6.25. The average molecular weight is 365 g/mol. The zero-order valence-electron chi connectivity index (χ0n) is 15.6. The highest BCUT2D eigenvalue weighted by Crippen LogP contribution is 2.35. The number of nitro benzene ring substituents is 1. The number of methoxy groups -OCH3 is 1. The van der Waals surface area contributed by atoms with E-state index in [9.17, 15) is 14.9 Å². The Labute approximate surface area is 153 Å². The lowest BCUT2D eigenvalue weighted by Crippen LogP contribution is -2.41. The van der Waals surface area contributed by atoms with Crippen molar-refractivity contribution >= 4 is 11.6 Å². The molecule has 0 radical (unpaired) electrons. The molecule has 0 spiro atoms. The fraction of sp³-hybridized carbons (Fsp3) is 0.611. The molecular formula is C18H27N3O5. The van der Waals surface area contributed by atoms with Gasteiger partial charge in [-0.05, 0) is 38.8 Å². The molecule has 1 aliphatic heterocycles. The summed E-state index contributed by atoms with van der Waals surface area (Å²) < 4.78 is 10.6. The minimum absolute atomic E-state index is 0.0457. The maximum atomic E-state index is 12.9. The number of rotatable bonds is 8. The lowest BCUT2D eigenvalue weighted by atomic mass is 9.96. The number of hydrogen-bond donors (Lipinski definition) is 1. The highest BCUT2D eigenvalue weighted by atomic mass is 16.6. The van der Waals surface area contributed by atoms with E-state index < -0.39 is 4.92 Å². The second kappa shape index (κ2) is 9.38. The molecule has 0 saturated carbocycles. The summed E-state index contributed by atoms with van der Waals surface area (Å²) in [6, 6.07) is 2.68. The van der Waals surface area contributed by atoms with E-state index >= 15 is 0 Å². The molecule has 1 aromatic carbocycles. The van der Waals surface area contributed by atoms with Gasteiger partial charge in [0.15, 0.2) is 11.5 Å². The molecule has 1 fully saturated rings. The van der Waals surface area contributed by atoms with Crippen LogP contribution in [0.3, 0.4) is 0 Å². The van der Waals surface area contributed by atoms with Crippen LogP contribution in [0.5, 0.6) is 11.5 Å². The van der Waals surface area contributed by atoms with Gasteiger partial charge in [0.05, 0.1) is 24.7 Å². The molecule has 1 amide bonds. The smallest absolute Gasteiger partial charge is 0.286 e. The summed E-state index contributed by atoms with van der Waals surface area (Å²) in [5, 5.41) is 14.8. The van der Waals surface area contributed by atoms with Gasteiger partial charge < -0.3 is 19.7 Å². The first-order valence-electron chi connectivity index (χ1n) is 9.00. The molecule has 2 rings (SSSR count). The zero-order chi connectivity index (χ0) is 19.1. The van der Waals surface area contributed by atoms with Crippen molar-refractivity contribution in [3.8, 4) is 11.5 Å². The average Bonchev–Trinajstić information content (AvgIpc) is 2.66. The third-order valence-electron chi connectivity index (χ3n) is 4.59. The molecule has 1 aliphatic rings. The summed E-state index contributed by atoms with van der Waals surface area (Å²) in [6.45, 7) is 7.31. The Kier molecular flexibility index (Phi) is 7.20. The van der Waals surface area contributed by atoms with Gasteiger partial charge >= 0.3 is 0 Å². The number of carbonyl (C=O) groups excluding carboxylic acids is 1. The largest absolute Gasteiger partial charge is 0.493 e. The molecule has 0 unspecified atom stereocenters. The first kappa shape index (κ1) is 20.0. The van der Waals surface area contributed by atoms with Gasteiger partial charge in [-0.1, -0.05) is 6.92 Å². The van der Waals surface area contributed by atoms with Crippen LogP contribution in [0.25, 0.3) is 0 Å². The molecular weight excluding hydrogens is 338 g/mol. The lowest BCUT2D eigenvalue weighted by Gasteiger charge is -2.32. The Balaban J connectivity index is 2.22. The van der Waals surface area contributed by atoms with E-state index in [1.807, 2.05) is 0 Å². The monoisotopic (exact) mass is 365 g/mol. The molecule has 0 bridgehead atoms. The number of carbonyl (C=O) groups is 1. The summed E-state index contributed by atoms with van der Waals surface area (Å²) in [6.07, 6.45) is 1.78. The van der Waals surface area contributed by atoms with Crippen LogP contribution >= 0.6 is 0 Å². The maximum Gasteiger partial charge on any atom is 0.286 e. The minimum atomic E-state index is -0.552. The third kappa shape index (κ3) is 4.63. The van der Waals surface area contributed by atoms with Crippen molar-refractivity contribution in [2.24, 2.45) is 5.92 Å². The first-order chi connectivity index (χ1) is 12.5. The highest BCUT2D eigenvalue weighted by Gasteiger charge is 2.30. The van der Waals surface area contributed by atoms with Gasteiger partial charge in [0.1, 0.15) is 5.56 Å². The van der Waals surface area contributed by atoms with Crippen LogP contribution in [0, 0.1) is 16.0 Å². The number of likely N-dealkylation sites (tertiary alicyclic amines) is 1. The molecule has 8 nitrogen and oxygen atoms in total. The van der Waals surface area contributed by atoms with Gasteiger partial charge in [-0.15, -0.1) is 0 Å². The van der Waals surface area contributed by atoms with Crippen molar-refractivity contribution < 1.29 is 19.2 Å². The number of amides is 1. The van der Waals surface area contributed by atoms with Crippen LogP contribution in [0.1, 0.15) is 37.0 Å². The van der Waals surface area contributed by atoms with Crippen LogP contribution in [0.15, 0.2) is 12.1 Å². The number of hydrogen-bond acceptors (Lipinski definition) is 6. The molecule has 0 aliphatic carbocycles. The topological polar surface area (TPSA) is 93.9 Å². The fourth-order valence-corrected chi connectivity index (χ4v) is 3.16. The van der Waals surface area contributed by atoms with Crippen molar-refractivity contribution in [2.75, 3.05) is 39.9 Å². The normalized spacial score (nSPS) is 15.0. The SMILES string of the molecule is CCNCC1CCN(C(=O)c2cc(OCC)c(OC)cc2[N+](=O)[O-])CC1. The van der Waals surface area contributed by atoms with Crippen LogP contribution in [0.2, 0.25) is 0 Å². The second-order valence-corrected chi connectivity index (χ2v) is 6.25. The predicted molar refractivity (Wildman–Crippen MR) is 98.0 cm³/mol. The van der Waals surface area contributed by atoms with Crippen molar-refractivity contribution in [1.82, 2.24) is 10.2 Å². The van der Waals surface area contributed by atoms with E-state index in [0.29, 0.717) is 31.4 Å². The van der Waals surface area contributed by atoms with Gasteiger partial charge in [0.2, 0.25) is 0 Å². The number of benzene rings is 1. The van der Waals surface area contributed by atoms with Crippen LogP contribution in [-0.2, 0) is 0 Å². The summed E-state index contributed by atoms with van der Waals surface area (Å²) in [5.74, 6) is 0.788. The predicted octanol–water partition coefficient (Wildman–Crippen LogP) is 2.46. The number of nitrogens with one attached hydrogen (secondary N) is 1. The number of nitrogens with zero attached hydrogens (tertiary/aromatic N) is 2. The zero-order valence-corrected chi connectivity index (χ0v) is 15.6. The standard InChI is InChI=1S/C18H27N3O5/c1-4-19-12-13-6-8-20(9-7-13)18(22)14-10-17(26-5-2)16(25-3)11-15(14)21(23)24/h10-11,13,19H,4-9,12H2,1-3H3.